The maximum Gasteiger partial charge on any atom is 0.305 e. The van der Waals surface area contributed by atoms with Gasteiger partial charge in [0.05, 0.1) is 0 Å². The third kappa shape index (κ3) is 2.51. The Kier molecular flexibility index (Phi) is 4.32. The zero-order valence-electron chi connectivity index (χ0n) is 16.2. The molecule has 3 saturated carbocycles. The number of esters is 1. The summed E-state index contributed by atoms with van der Waals surface area (Å²) >= 11 is 0. The van der Waals surface area contributed by atoms with E-state index in [2.05, 4.69) is 13.8 Å². The summed E-state index contributed by atoms with van der Waals surface area (Å²) in [6, 6.07) is 0. The molecule has 3 nitrogen and oxygen atoms in total. The van der Waals surface area contributed by atoms with Gasteiger partial charge >= 0.3 is 5.97 Å². The minimum atomic E-state index is -1.34. The van der Waals surface area contributed by atoms with Crippen molar-refractivity contribution < 1.29 is 18.7 Å². The fourth-order valence-electron chi connectivity index (χ4n) is 6.97. The van der Waals surface area contributed by atoms with Crippen molar-refractivity contribution in [1.82, 2.24) is 0 Å². The van der Waals surface area contributed by atoms with Gasteiger partial charge in [-0.3, -0.25) is 9.59 Å². The first-order valence-electron chi connectivity index (χ1n) is 10.4. The van der Waals surface area contributed by atoms with Crippen LogP contribution in [0, 0.1) is 28.6 Å². The van der Waals surface area contributed by atoms with Gasteiger partial charge in [0, 0.05) is 11.8 Å². The molecule has 4 heteroatoms. The molecule has 0 amide bonds. The molecule has 0 heterocycles. The standard InChI is InChI=1S/C22H31FO3/c1-4-20(25)26-19-8-7-15-14-6-5-13-11-18(24)17(23)12-22(13,3)16(14)9-10-21(15,19)2/h11,14-17,19H,4-10,12H2,1-3H3. The first kappa shape index (κ1) is 18.2. The molecule has 26 heavy (non-hydrogen) atoms. The molecule has 0 saturated heterocycles. The SMILES string of the molecule is CCC(=O)OC1CCC2C3CCC4=CC(=O)C(F)CC4(C)C3CCC12C. The largest absolute Gasteiger partial charge is 0.462 e. The minimum absolute atomic E-state index is 0.0347. The van der Waals surface area contributed by atoms with Crippen LogP contribution in [0.25, 0.3) is 0 Å². The number of alkyl halides is 1. The molecular weight excluding hydrogens is 331 g/mol. The monoisotopic (exact) mass is 362 g/mol. The van der Waals surface area contributed by atoms with Crippen molar-refractivity contribution >= 4 is 11.8 Å². The topological polar surface area (TPSA) is 43.4 Å². The molecule has 0 aromatic carbocycles. The van der Waals surface area contributed by atoms with Gasteiger partial charge in [0.1, 0.15) is 6.10 Å². The van der Waals surface area contributed by atoms with Crippen LogP contribution in [0.15, 0.2) is 11.6 Å². The summed E-state index contributed by atoms with van der Waals surface area (Å²) in [5.41, 5.74) is 1.08. The number of hydrogen-bond acceptors (Lipinski definition) is 3. The summed E-state index contributed by atoms with van der Waals surface area (Å²) in [6.45, 7) is 6.35. The van der Waals surface area contributed by atoms with E-state index in [1.807, 2.05) is 6.92 Å². The van der Waals surface area contributed by atoms with Crippen LogP contribution in [-0.4, -0.2) is 24.0 Å². The van der Waals surface area contributed by atoms with Gasteiger partial charge in [0.25, 0.3) is 0 Å². The molecule has 0 bridgehead atoms. The van der Waals surface area contributed by atoms with Crippen molar-refractivity contribution in [3.05, 3.63) is 11.6 Å². The lowest BCUT2D eigenvalue weighted by molar-refractivity contribution is -0.159. The second-order valence-electron chi connectivity index (χ2n) is 9.53. The van der Waals surface area contributed by atoms with Gasteiger partial charge in [0.2, 0.25) is 0 Å². The Hall–Kier alpha value is -1.19. The number of rotatable bonds is 2. The number of ether oxygens (including phenoxy) is 1. The molecule has 7 unspecified atom stereocenters. The van der Waals surface area contributed by atoms with E-state index in [0.717, 1.165) is 38.5 Å². The van der Waals surface area contributed by atoms with E-state index in [4.69, 9.17) is 4.74 Å². The molecule has 0 aliphatic heterocycles. The van der Waals surface area contributed by atoms with Crippen LogP contribution in [0.5, 0.6) is 0 Å². The molecule has 4 rings (SSSR count). The van der Waals surface area contributed by atoms with Crippen molar-refractivity contribution in [3.63, 3.8) is 0 Å². The van der Waals surface area contributed by atoms with Crippen LogP contribution in [0.3, 0.4) is 0 Å². The van der Waals surface area contributed by atoms with E-state index < -0.39 is 6.17 Å². The number of carbonyl (C=O) groups excluding carboxylic acids is 2. The van der Waals surface area contributed by atoms with Gasteiger partial charge in [-0.2, -0.15) is 0 Å². The Bertz CT molecular complexity index is 656. The molecule has 0 aromatic rings. The zero-order valence-corrected chi connectivity index (χ0v) is 16.2. The fraction of sp³-hybridized carbons (Fsp3) is 0.818. The second kappa shape index (κ2) is 6.17. The summed E-state index contributed by atoms with van der Waals surface area (Å²) in [4.78, 5) is 23.7. The van der Waals surface area contributed by atoms with Gasteiger partial charge < -0.3 is 4.74 Å². The van der Waals surface area contributed by atoms with E-state index in [0.29, 0.717) is 30.6 Å². The Balaban J connectivity index is 1.60. The number of allylic oxidation sites excluding steroid dienone is 1. The summed E-state index contributed by atoms with van der Waals surface area (Å²) in [5, 5.41) is 0. The minimum Gasteiger partial charge on any atom is -0.462 e. The number of fused-ring (bicyclic) bond motifs is 5. The van der Waals surface area contributed by atoms with E-state index in [1.54, 1.807) is 6.08 Å². The van der Waals surface area contributed by atoms with Crippen molar-refractivity contribution in [2.24, 2.45) is 28.6 Å². The van der Waals surface area contributed by atoms with Crippen LogP contribution in [-0.2, 0) is 14.3 Å². The predicted octanol–water partition coefficient (Wildman–Crippen LogP) is 4.79. The molecule has 7 atom stereocenters. The highest BCUT2D eigenvalue weighted by Crippen LogP contribution is 2.65. The second-order valence-corrected chi connectivity index (χ2v) is 9.53. The first-order chi connectivity index (χ1) is 12.3. The molecular formula is C22H31FO3. The van der Waals surface area contributed by atoms with E-state index in [1.165, 1.54) is 5.57 Å². The Morgan fingerprint density at radius 3 is 2.73 bits per heavy atom. The lowest BCUT2D eigenvalue weighted by Gasteiger charge is -2.58. The lowest BCUT2D eigenvalue weighted by Crippen LogP contribution is -2.52. The molecule has 4 aliphatic carbocycles. The van der Waals surface area contributed by atoms with Crippen LogP contribution in [0.1, 0.15) is 72.1 Å². The first-order valence-corrected chi connectivity index (χ1v) is 10.4. The van der Waals surface area contributed by atoms with E-state index in [9.17, 15) is 14.0 Å². The highest BCUT2D eigenvalue weighted by atomic mass is 19.1. The van der Waals surface area contributed by atoms with Crippen molar-refractivity contribution in [1.29, 1.82) is 0 Å². The predicted molar refractivity (Wildman–Crippen MR) is 97.2 cm³/mol. The average Bonchev–Trinajstić information content (AvgIpc) is 2.93. The third-order valence-corrected chi connectivity index (χ3v) is 8.44. The molecule has 144 valence electrons. The number of hydrogen-bond donors (Lipinski definition) is 0. The molecule has 0 N–H and O–H groups in total. The van der Waals surface area contributed by atoms with Crippen LogP contribution in [0.4, 0.5) is 4.39 Å². The highest BCUT2D eigenvalue weighted by Gasteiger charge is 2.60. The van der Waals surface area contributed by atoms with Crippen LogP contribution >= 0.6 is 0 Å². The average molecular weight is 362 g/mol. The van der Waals surface area contributed by atoms with Crippen LogP contribution in [0.2, 0.25) is 0 Å². The molecule has 0 spiro atoms. The lowest BCUT2D eigenvalue weighted by atomic mass is 9.47. The summed E-state index contributed by atoms with van der Waals surface area (Å²) < 4.78 is 20.1. The number of carbonyl (C=O) groups is 2. The van der Waals surface area contributed by atoms with Crippen molar-refractivity contribution in [3.8, 4) is 0 Å². The van der Waals surface area contributed by atoms with Crippen molar-refractivity contribution in [2.45, 2.75) is 84.4 Å². The fourth-order valence-corrected chi connectivity index (χ4v) is 6.97. The summed E-state index contributed by atoms with van der Waals surface area (Å²) in [6.07, 6.45) is 7.27. The Morgan fingerprint density at radius 2 is 2.00 bits per heavy atom. The summed E-state index contributed by atoms with van der Waals surface area (Å²) in [5.74, 6) is 1.13. The maximum atomic E-state index is 14.3. The molecule has 0 aromatic heterocycles. The van der Waals surface area contributed by atoms with Gasteiger partial charge in [-0.25, -0.2) is 4.39 Å². The zero-order chi connectivity index (χ0) is 18.7. The Morgan fingerprint density at radius 1 is 1.23 bits per heavy atom. The molecule has 4 aliphatic rings. The smallest absolute Gasteiger partial charge is 0.305 e. The van der Waals surface area contributed by atoms with E-state index >= 15 is 0 Å². The normalized spacial score (nSPS) is 47.5. The highest BCUT2D eigenvalue weighted by molar-refractivity contribution is 5.95. The van der Waals surface area contributed by atoms with Gasteiger partial charge in [-0.15, -0.1) is 0 Å². The summed E-state index contributed by atoms with van der Waals surface area (Å²) in [7, 11) is 0. The molecule has 0 radical (unpaired) electrons. The maximum absolute atomic E-state index is 14.3. The number of halogens is 1. The van der Waals surface area contributed by atoms with Gasteiger partial charge in [-0.1, -0.05) is 26.3 Å². The number of ketones is 1. The third-order valence-electron chi connectivity index (χ3n) is 8.44. The molecule has 3 fully saturated rings. The Labute approximate surface area is 155 Å². The quantitative estimate of drug-likeness (QED) is 0.664. The van der Waals surface area contributed by atoms with Crippen LogP contribution < -0.4 is 0 Å². The van der Waals surface area contributed by atoms with Crippen molar-refractivity contribution in [2.75, 3.05) is 0 Å². The van der Waals surface area contributed by atoms with Gasteiger partial charge in [-0.05, 0) is 74.2 Å². The van der Waals surface area contributed by atoms with Gasteiger partial charge in [0.15, 0.2) is 12.0 Å². The van der Waals surface area contributed by atoms with E-state index in [-0.39, 0.29) is 28.7 Å².